The summed E-state index contributed by atoms with van der Waals surface area (Å²) in [5.74, 6) is 0.615. The first-order valence-electron chi connectivity index (χ1n) is 10.1. The summed E-state index contributed by atoms with van der Waals surface area (Å²) >= 11 is 0. The molecule has 0 aliphatic rings. The van der Waals surface area contributed by atoms with E-state index in [-0.39, 0.29) is 16.4 Å². The van der Waals surface area contributed by atoms with E-state index >= 15 is 0 Å². The number of para-hydroxylation sites is 1. The van der Waals surface area contributed by atoms with Crippen LogP contribution in [0.4, 0.5) is 0 Å². The molecule has 5 nitrogen and oxygen atoms in total. The van der Waals surface area contributed by atoms with E-state index in [0.717, 1.165) is 35.9 Å². The minimum Gasteiger partial charge on any atom is -0.328 e. The van der Waals surface area contributed by atoms with Gasteiger partial charge in [0.05, 0.1) is 5.52 Å². The summed E-state index contributed by atoms with van der Waals surface area (Å²) in [6.45, 7) is 4.71. The third kappa shape index (κ3) is 3.27. The molecule has 0 aliphatic heterocycles. The Morgan fingerprint density at radius 2 is 1.69 bits per heavy atom. The molecule has 0 fully saturated rings. The smallest absolute Gasteiger partial charge is 0.267 e. The number of rotatable bonds is 5. The maximum absolute atomic E-state index is 13.5. The molecule has 29 heavy (non-hydrogen) atoms. The van der Waals surface area contributed by atoms with Crippen LogP contribution >= 0.6 is 0 Å². The van der Waals surface area contributed by atoms with E-state index in [1.807, 2.05) is 61.0 Å². The van der Waals surface area contributed by atoms with Gasteiger partial charge in [-0.25, -0.2) is 4.98 Å². The molecule has 4 aromatic rings. The molecule has 0 aliphatic carbocycles. The fourth-order valence-electron chi connectivity index (χ4n) is 3.84. The van der Waals surface area contributed by atoms with Crippen LogP contribution in [-0.2, 0) is 13.6 Å². The van der Waals surface area contributed by atoms with Crippen molar-refractivity contribution in [1.82, 2.24) is 14.1 Å². The maximum atomic E-state index is 13.5. The van der Waals surface area contributed by atoms with Crippen molar-refractivity contribution in [2.45, 2.75) is 39.7 Å². The second-order valence-electron chi connectivity index (χ2n) is 7.57. The first-order valence-corrected chi connectivity index (χ1v) is 10.1. The summed E-state index contributed by atoms with van der Waals surface area (Å²) in [7, 11) is 1.86. The Hall–Kier alpha value is -3.21. The van der Waals surface area contributed by atoms with Crippen molar-refractivity contribution in [3.63, 3.8) is 0 Å². The van der Waals surface area contributed by atoms with Gasteiger partial charge in [0.25, 0.3) is 5.56 Å². The molecule has 0 saturated heterocycles. The molecule has 2 heterocycles. The second-order valence-corrected chi connectivity index (χ2v) is 7.57. The fraction of sp³-hybridized carbons (Fsp3) is 0.292. The topological polar surface area (TPSA) is 56.9 Å². The summed E-state index contributed by atoms with van der Waals surface area (Å²) in [4.78, 5) is 31.5. The predicted molar refractivity (Wildman–Crippen MR) is 118 cm³/mol. The Morgan fingerprint density at radius 1 is 0.966 bits per heavy atom. The lowest BCUT2D eigenvalue weighted by Crippen LogP contribution is -2.29. The molecule has 0 spiro atoms. The van der Waals surface area contributed by atoms with Crippen molar-refractivity contribution in [3.05, 3.63) is 74.7 Å². The van der Waals surface area contributed by atoms with E-state index in [1.165, 1.54) is 0 Å². The molecule has 0 atom stereocenters. The molecule has 2 aromatic carbocycles. The molecule has 2 aromatic heterocycles. The van der Waals surface area contributed by atoms with Crippen molar-refractivity contribution in [1.29, 1.82) is 0 Å². The third-order valence-electron chi connectivity index (χ3n) is 5.50. The number of hydrogen-bond acceptors (Lipinski definition) is 3. The van der Waals surface area contributed by atoms with Gasteiger partial charge in [-0.2, -0.15) is 0 Å². The highest BCUT2D eigenvalue weighted by Gasteiger charge is 2.18. The zero-order valence-corrected chi connectivity index (χ0v) is 17.1. The molecule has 148 valence electrons. The standard InChI is InChI=1S/C24H25N3O2/c1-4-5-8-15-27-22(17-13-11-16(2)12-14-17)25-23-20(24(27)29)21(28)18-9-6-7-10-19(18)26(23)3/h6-7,9-14H,4-5,8,15H2,1-3H3. The Kier molecular flexibility index (Phi) is 5.05. The largest absolute Gasteiger partial charge is 0.328 e. The monoisotopic (exact) mass is 387 g/mol. The summed E-state index contributed by atoms with van der Waals surface area (Å²) in [6, 6.07) is 15.4. The predicted octanol–water partition coefficient (Wildman–Crippen LogP) is 4.41. The molecule has 0 amide bonds. The van der Waals surface area contributed by atoms with Gasteiger partial charge in [-0.3, -0.25) is 14.2 Å². The molecule has 0 N–H and O–H groups in total. The zero-order valence-electron chi connectivity index (χ0n) is 17.1. The summed E-state index contributed by atoms with van der Waals surface area (Å²) in [5, 5.41) is 0.711. The first kappa shape index (κ1) is 19.1. The van der Waals surface area contributed by atoms with Crippen LogP contribution in [0.3, 0.4) is 0 Å². The van der Waals surface area contributed by atoms with Crippen LogP contribution in [0.15, 0.2) is 58.1 Å². The number of nitrogens with zero attached hydrogens (tertiary/aromatic N) is 3. The fourth-order valence-corrected chi connectivity index (χ4v) is 3.84. The molecule has 4 rings (SSSR count). The molecule has 0 saturated carbocycles. The van der Waals surface area contributed by atoms with E-state index < -0.39 is 0 Å². The number of benzene rings is 2. The molecule has 0 radical (unpaired) electrons. The van der Waals surface area contributed by atoms with Crippen LogP contribution in [0.5, 0.6) is 0 Å². The zero-order chi connectivity index (χ0) is 20.5. The van der Waals surface area contributed by atoms with Crippen molar-refractivity contribution >= 4 is 21.9 Å². The van der Waals surface area contributed by atoms with Crippen LogP contribution in [0.25, 0.3) is 33.3 Å². The quantitative estimate of drug-likeness (QED) is 0.376. The van der Waals surface area contributed by atoms with Crippen LogP contribution in [0, 0.1) is 6.92 Å². The maximum Gasteiger partial charge on any atom is 0.267 e. The average molecular weight is 387 g/mol. The Balaban J connectivity index is 2.10. The van der Waals surface area contributed by atoms with Gasteiger partial charge in [0.2, 0.25) is 5.43 Å². The van der Waals surface area contributed by atoms with Crippen LogP contribution < -0.4 is 11.0 Å². The lowest BCUT2D eigenvalue weighted by Gasteiger charge is -2.16. The molecule has 5 heteroatoms. The lowest BCUT2D eigenvalue weighted by molar-refractivity contribution is 0.588. The minimum atomic E-state index is -0.256. The van der Waals surface area contributed by atoms with Crippen molar-refractivity contribution in [2.24, 2.45) is 7.05 Å². The number of aromatic nitrogens is 3. The minimum absolute atomic E-state index is 0.165. The Labute approximate surface area is 169 Å². The number of pyridine rings is 1. The van der Waals surface area contributed by atoms with Crippen LogP contribution in [0.2, 0.25) is 0 Å². The highest BCUT2D eigenvalue weighted by atomic mass is 16.1. The van der Waals surface area contributed by atoms with Gasteiger partial charge in [0.1, 0.15) is 11.2 Å². The summed E-state index contributed by atoms with van der Waals surface area (Å²) < 4.78 is 3.53. The SMILES string of the molecule is CCCCCn1c(-c2ccc(C)cc2)nc2c(c(=O)c3ccccc3n2C)c1=O. The highest BCUT2D eigenvalue weighted by Crippen LogP contribution is 2.21. The lowest BCUT2D eigenvalue weighted by atomic mass is 10.1. The van der Waals surface area contributed by atoms with E-state index in [1.54, 1.807) is 10.6 Å². The molecular formula is C24H25N3O2. The average Bonchev–Trinajstić information content (AvgIpc) is 2.73. The van der Waals surface area contributed by atoms with Crippen LogP contribution in [0.1, 0.15) is 31.7 Å². The van der Waals surface area contributed by atoms with Crippen LogP contribution in [-0.4, -0.2) is 14.1 Å². The van der Waals surface area contributed by atoms with E-state index in [0.29, 0.717) is 23.4 Å². The van der Waals surface area contributed by atoms with Crippen molar-refractivity contribution in [3.8, 4) is 11.4 Å². The molecule has 0 bridgehead atoms. The Bertz CT molecular complexity index is 1310. The van der Waals surface area contributed by atoms with Gasteiger partial charge in [-0.1, -0.05) is 61.7 Å². The summed E-state index contributed by atoms with van der Waals surface area (Å²) in [6.07, 6.45) is 2.95. The van der Waals surface area contributed by atoms with Gasteiger partial charge in [0.15, 0.2) is 5.65 Å². The van der Waals surface area contributed by atoms with Crippen molar-refractivity contribution in [2.75, 3.05) is 0 Å². The number of fused-ring (bicyclic) bond motifs is 2. The number of aryl methyl sites for hydroxylation is 2. The first-order chi connectivity index (χ1) is 14.0. The summed E-state index contributed by atoms with van der Waals surface area (Å²) in [5.41, 5.74) is 2.73. The molecular weight excluding hydrogens is 362 g/mol. The Morgan fingerprint density at radius 3 is 2.41 bits per heavy atom. The highest BCUT2D eigenvalue weighted by molar-refractivity contribution is 5.91. The van der Waals surface area contributed by atoms with Gasteiger partial charge in [0, 0.05) is 24.5 Å². The molecule has 0 unspecified atom stereocenters. The number of hydrogen-bond donors (Lipinski definition) is 0. The third-order valence-corrected chi connectivity index (χ3v) is 5.50. The van der Waals surface area contributed by atoms with Gasteiger partial charge in [-0.05, 0) is 25.5 Å². The van der Waals surface area contributed by atoms with Gasteiger partial charge >= 0.3 is 0 Å². The second kappa shape index (κ2) is 7.66. The normalized spacial score (nSPS) is 11.4. The van der Waals surface area contributed by atoms with Gasteiger partial charge < -0.3 is 4.57 Å². The van der Waals surface area contributed by atoms with E-state index in [9.17, 15) is 9.59 Å². The van der Waals surface area contributed by atoms with Crippen molar-refractivity contribution < 1.29 is 0 Å². The van der Waals surface area contributed by atoms with E-state index in [2.05, 4.69) is 6.92 Å². The number of unbranched alkanes of at least 4 members (excludes halogenated alkanes) is 2. The van der Waals surface area contributed by atoms with E-state index in [4.69, 9.17) is 4.98 Å². The van der Waals surface area contributed by atoms with Gasteiger partial charge in [-0.15, -0.1) is 0 Å².